The largest absolute Gasteiger partial charge is 0.360 e. The molecule has 0 radical (unpaired) electrons. The van der Waals surface area contributed by atoms with Crippen molar-refractivity contribution >= 4 is 17.3 Å². The number of nitrogens with zero attached hydrogens (tertiary/aromatic N) is 1. The molecule has 154 valence electrons. The number of carbonyl (C=O) groups is 1. The van der Waals surface area contributed by atoms with Crippen LogP contribution >= 0.6 is 0 Å². The normalized spacial score (nSPS) is 15.6. The third kappa shape index (κ3) is 4.52. The van der Waals surface area contributed by atoms with Crippen LogP contribution < -0.4 is 15.1 Å². The van der Waals surface area contributed by atoms with Crippen LogP contribution in [-0.4, -0.2) is 38.1 Å². The van der Waals surface area contributed by atoms with E-state index in [1.807, 2.05) is 73.7 Å². The van der Waals surface area contributed by atoms with Gasteiger partial charge in [-0.1, -0.05) is 48.5 Å². The molecular weight excluding hydrogens is 377 g/mol. The van der Waals surface area contributed by atoms with E-state index in [0.29, 0.717) is 0 Å². The molecule has 5 heteroatoms. The minimum absolute atomic E-state index is 0.0311. The molecule has 0 bridgehead atoms. The second-order valence-electron chi connectivity index (χ2n) is 7.74. The van der Waals surface area contributed by atoms with Gasteiger partial charge >= 0.3 is 0 Å². The average Bonchev–Trinajstić information content (AvgIpc) is 2.80. The standard InChI is InChI=1S/C25H26FN3O/c1-19(28-15-17-29(18-16-28)22-13-11-21(26)12-14-22)25(30)27-24-10-6-5-9-23(24)20-7-3-2-4-8-20/h2-14,19H,15-18H2,1H3,(H,27,30)/p+1/t19-/m0/s1. The van der Waals surface area contributed by atoms with Gasteiger partial charge in [0.05, 0.1) is 26.2 Å². The summed E-state index contributed by atoms with van der Waals surface area (Å²) in [7, 11) is 0. The van der Waals surface area contributed by atoms with E-state index >= 15 is 0 Å². The Morgan fingerprint density at radius 1 is 0.933 bits per heavy atom. The summed E-state index contributed by atoms with van der Waals surface area (Å²) in [6.45, 7) is 5.42. The maximum Gasteiger partial charge on any atom is 0.282 e. The van der Waals surface area contributed by atoms with E-state index in [9.17, 15) is 9.18 Å². The first kappa shape index (κ1) is 20.1. The van der Waals surface area contributed by atoms with Crippen molar-refractivity contribution in [1.29, 1.82) is 0 Å². The zero-order chi connectivity index (χ0) is 20.9. The minimum Gasteiger partial charge on any atom is -0.360 e. The van der Waals surface area contributed by atoms with E-state index in [-0.39, 0.29) is 17.8 Å². The lowest BCUT2D eigenvalue weighted by atomic mass is 10.0. The molecule has 0 aliphatic carbocycles. The number of piperazine rings is 1. The second-order valence-corrected chi connectivity index (χ2v) is 7.74. The van der Waals surface area contributed by atoms with Crippen LogP contribution in [0.15, 0.2) is 78.9 Å². The molecule has 1 heterocycles. The SMILES string of the molecule is C[C@@H](C(=O)Nc1ccccc1-c1ccccc1)[NH+]1CCN(c2ccc(F)cc2)CC1. The van der Waals surface area contributed by atoms with E-state index in [4.69, 9.17) is 0 Å². The lowest BCUT2D eigenvalue weighted by Gasteiger charge is -2.36. The highest BCUT2D eigenvalue weighted by Crippen LogP contribution is 2.27. The molecule has 30 heavy (non-hydrogen) atoms. The Kier molecular flexibility index (Phi) is 6.10. The Hall–Kier alpha value is -3.18. The van der Waals surface area contributed by atoms with Gasteiger partial charge in [-0.05, 0) is 42.8 Å². The molecule has 1 atom stereocenters. The number of nitrogens with one attached hydrogen (secondary N) is 2. The number of hydrogen-bond acceptors (Lipinski definition) is 2. The van der Waals surface area contributed by atoms with Crippen molar-refractivity contribution in [2.75, 3.05) is 36.4 Å². The quantitative estimate of drug-likeness (QED) is 0.685. The molecule has 1 fully saturated rings. The van der Waals surface area contributed by atoms with Crippen LogP contribution in [0.2, 0.25) is 0 Å². The fourth-order valence-corrected chi connectivity index (χ4v) is 4.02. The Balaban J connectivity index is 1.39. The summed E-state index contributed by atoms with van der Waals surface area (Å²) < 4.78 is 13.2. The summed E-state index contributed by atoms with van der Waals surface area (Å²) >= 11 is 0. The van der Waals surface area contributed by atoms with Crippen molar-refractivity contribution in [3.63, 3.8) is 0 Å². The molecule has 1 aliphatic heterocycles. The number of para-hydroxylation sites is 1. The molecule has 0 spiro atoms. The lowest BCUT2D eigenvalue weighted by Crippen LogP contribution is -3.19. The first-order chi connectivity index (χ1) is 14.6. The number of halogens is 1. The summed E-state index contributed by atoms with van der Waals surface area (Å²) in [5, 5.41) is 3.14. The predicted molar refractivity (Wildman–Crippen MR) is 119 cm³/mol. The molecule has 3 aromatic rings. The summed E-state index contributed by atoms with van der Waals surface area (Å²) in [5.41, 5.74) is 3.98. The van der Waals surface area contributed by atoms with Crippen LogP contribution in [0.1, 0.15) is 6.92 Å². The summed E-state index contributed by atoms with van der Waals surface area (Å²) in [5.74, 6) is -0.187. The van der Waals surface area contributed by atoms with E-state index in [1.54, 1.807) is 0 Å². The fraction of sp³-hybridized carbons (Fsp3) is 0.240. The van der Waals surface area contributed by atoms with Gasteiger partial charge in [0.1, 0.15) is 5.82 Å². The van der Waals surface area contributed by atoms with Crippen molar-refractivity contribution in [2.24, 2.45) is 0 Å². The number of rotatable bonds is 5. The molecule has 3 aromatic carbocycles. The monoisotopic (exact) mass is 404 g/mol. The third-order valence-corrected chi connectivity index (χ3v) is 5.87. The smallest absolute Gasteiger partial charge is 0.282 e. The second kappa shape index (κ2) is 9.09. The highest BCUT2D eigenvalue weighted by molar-refractivity contribution is 5.97. The van der Waals surface area contributed by atoms with Crippen LogP contribution in [0.3, 0.4) is 0 Å². The molecule has 0 saturated carbocycles. The molecule has 4 nitrogen and oxygen atoms in total. The molecular formula is C25H27FN3O+. The zero-order valence-corrected chi connectivity index (χ0v) is 17.1. The lowest BCUT2D eigenvalue weighted by molar-refractivity contribution is -0.914. The van der Waals surface area contributed by atoms with Crippen molar-refractivity contribution in [2.45, 2.75) is 13.0 Å². The highest BCUT2D eigenvalue weighted by Gasteiger charge is 2.29. The molecule has 1 amide bonds. The van der Waals surface area contributed by atoms with Gasteiger partial charge in [-0.2, -0.15) is 0 Å². The van der Waals surface area contributed by atoms with Crippen LogP contribution in [0.4, 0.5) is 15.8 Å². The molecule has 2 N–H and O–H groups in total. The number of anilines is 2. The molecule has 0 aromatic heterocycles. The van der Waals surface area contributed by atoms with E-state index in [2.05, 4.69) is 10.2 Å². The first-order valence-corrected chi connectivity index (χ1v) is 10.4. The highest BCUT2D eigenvalue weighted by atomic mass is 19.1. The zero-order valence-electron chi connectivity index (χ0n) is 17.1. The van der Waals surface area contributed by atoms with Crippen LogP contribution in [-0.2, 0) is 4.79 Å². The van der Waals surface area contributed by atoms with Gasteiger partial charge < -0.3 is 15.1 Å². The van der Waals surface area contributed by atoms with E-state index < -0.39 is 0 Å². The predicted octanol–water partition coefficient (Wildman–Crippen LogP) is 3.22. The molecule has 1 aliphatic rings. The maximum absolute atomic E-state index is 13.2. The Labute approximate surface area is 176 Å². The van der Waals surface area contributed by atoms with Crippen LogP contribution in [0.25, 0.3) is 11.1 Å². The van der Waals surface area contributed by atoms with Gasteiger partial charge in [0, 0.05) is 16.9 Å². The van der Waals surface area contributed by atoms with Crippen LogP contribution in [0.5, 0.6) is 0 Å². The van der Waals surface area contributed by atoms with Crippen molar-refractivity contribution in [1.82, 2.24) is 0 Å². The maximum atomic E-state index is 13.2. The van der Waals surface area contributed by atoms with Crippen molar-refractivity contribution < 1.29 is 14.1 Å². The number of quaternary nitrogens is 1. The van der Waals surface area contributed by atoms with E-state index in [0.717, 1.165) is 48.7 Å². The number of carbonyl (C=O) groups excluding carboxylic acids is 1. The number of hydrogen-bond donors (Lipinski definition) is 2. The van der Waals surface area contributed by atoms with Gasteiger partial charge in [-0.15, -0.1) is 0 Å². The van der Waals surface area contributed by atoms with Crippen molar-refractivity contribution in [3.8, 4) is 11.1 Å². The number of amides is 1. The minimum atomic E-state index is -0.218. The molecule has 0 unspecified atom stereocenters. The molecule has 1 saturated heterocycles. The van der Waals surface area contributed by atoms with Crippen LogP contribution in [0, 0.1) is 5.82 Å². The topological polar surface area (TPSA) is 36.8 Å². The molecule has 4 rings (SSSR count). The Morgan fingerprint density at radius 3 is 2.27 bits per heavy atom. The van der Waals surface area contributed by atoms with Gasteiger partial charge in [0.25, 0.3) is 5.91 Å². The Morgan fingerprint density at radius 2 is 1.57 bits per heavy atom. The summed E-state index contributed by atoms with van der Waals surface area (Å²) in [4.78, 5) is 16.5. The van der Waals surface area contributed by atoms with Crippen molar-refractivity contribution in [3.05, 3.63) is 84.7 Å². The summed E-state index contributed by atoms with van der Waals surface area (Å²) in [6, 6.07) is 24.5. The van der Waals surface area contributed by atoms with Gasteiger partial charge in [0.15, 0.2) is 6.04 Å². The van der Waals surface area contributed by atoms with Gasteiger partial charge in [-0.25, -0.2) is 4.39 Å². The average molecular weight is 405 g/mol. The van der Waals surface area contributed by atoms with E-state index in [1.165, 1.54) is 17.0 Å². The van der Waals surface area contributed by atoms with Gasteiger partial charge in [0.2, 0.25) is 0 Å². The summed E-state index contributed by atoms with van der Waals surface area (Å²) in [6.07, 6.45) is 0. The van der Waals surface area contributed by atoms with Gasteiger partial charge in [-0.3, -0.25) is 4.79 Å². The third-order valence-electron chi connectivity index (χ3n) is 5.87. The number of benzene rings is 3. The Bertz CT molecular complexity index is 983. The first-order valence-electron chi connectivity index (χ1n) is 10.4. The fourth-order valence-electron chi connectivity index (χ4n) is 4.02.